The van der Waals surface area contributed by atoms with Crippen molar-refractivity contribution < 1.29 is 4.79 Å². The predicted octanol–water partition coefficient (Wildman–Crippen LogP) is 2.53. The lowest BCUT2D eigenvalue weighted by atomic mass is 10.1. The van der Waals surface area contributed by atoms with Crippen LogP contribution in [0.4, 0.5) is 0 Å². The number of hydrogen-bond acceptors (Lipinski definition) is 2. The average Bonchev–Trinajstić information content (AvgIpc) is 2.19. The number of halogens is 1. The minimum atomic E-state index is 0.571. The van der Waals surface area contributed by atoms with Crippen molar-refractivity contribution in [3.8, 4) is 0 Å². The number of rotatable bonds is 4. The molecular formula is C12H14ClNO. The third kappa shape index (κ3) is 3.76. The van der Waals surface area contributed by atoms with Gasteiger partial charge in [-0.05, 0) is 11.6 Å². The van der Waals surface area contributed by atoms with E-state index in [-0.39, 0.29) is 0 Å². The zero-order chi connectivity index (χ0) is 11.3. The van der Waals surface area contributed by atoms with Crippen molar-refractivity contribution in [2.45, 2.75) is 6.42 Å². The van der Waals surface area contributed by atoms with E-state index in [4.69, 9.17) is 11.6 Å². The summed E-state index contributed by atoms with van der Waals surface area (Å²) in [5, 5.41) is 0.698. The predicted molar refractivity (Wildman–Crippen MR) is 63.0 cm³/mol. The molecule has 0 N–H and O–H groups in total. The first-order valence-corrected chi connectivity index (χ1v) is 5.07. The Hall–Kier alpha value is -1.28. The van der Waals surface area contributed by atoms with Crippen LogP contribution in [0.2, 0.25) is 5.02 Å². The van der Waals surface area contributed by atoms with E-state index < -0.39 is 0 Å². The Labute approximate surface area is 95.2 Å². The van der Waals surface area contributed by atoms with Crippen molar-refractivity contribution in [1.29, 1.82) is 0 Å². The van der Waals surface area contributed by atoms with Gasteiger partial charge in [0.25, 0.3) is 0 Å². The second-order valence-corrected chi connectivity index (χ2v) is 3.96. The van der Waals surface area contributed by atoms with Gasteiger partial charge in [0, 0.05) is 37.3 Å². The molecule has 1 aromatic carbocycles. The molecule has 0 aliphatic carbocycles. The highest BCUT2D eigenvalue weighted by atomic mass is 35.5. The first-order valence-electron chi connectivity index (χ1n) is 4.69. The quantitative estimate of drug-likeness (QED) is 0.578. The molecule has 0 fully saturated rings. The molecule has 0 bridgehead atoms. The van der Waals surface area contributed by atoms with Crippen LogP contribution in [0.5, 0.6) is 0 Å². The highest BCUT2D eigenvalue weighted by molar-refractivity contribution is 6.31. The van der Waals surface area contributed by atoms with Gasteiger partial charge < -0.3 is 4.90 Å². The lowest BCUT2D eigenvalue weighted by Crippen LogP contribution is -2.05. The van der Waals surface area contributed by atoms with Crippen LogP contribution in [0, 0.1) is 0 Å². The summed E-state index contributed by atoms with van der Waals surface area (Å²) in [7, 11) is 3.77. The summed E-state index contributed by atoms with van der Waals surface area (Å²) >= 11 is 6.01. The van der Waals surface area contributed by atoms with E-state index >= 15 is 0 Å². The molecule has 0 amide bonds. The van der Waals surface area contributed by atoms with Crippen LogP contribution in [0.25, 0.3) is 0 Å². The van der Waals surface area contributed by atoms with E-state index in [1.54, 1.807) is 6.20 Å². The van der Waals surface area contributed by atoms with E-state index in [0.717, 1.165) is 11.8 Å². The maximum atomic E-state index is 10.8. The van der Waals surface area contributed by atoms with Gasteiger partial charge in [0.05, 0.1) is 0 Å². The molecule has 0 saturated carbocycles. The van der Waals surface area contributed by atoms with Gasteiger partial charge in [0.15, 0.2) is 0 Å². The van der Waals surface area contributed by atoms with E-state index in [0.29, 0.717) is 17.0 Å². The summed E-state index contributed by atoms with van der Waals surface area (Å²) in [6.45, 7) is 0. The maximum Gasteiger partial charge on any atom is 0.147 e. The summed E-state index contributed by atoms with van der Waals surface area (Å²) in [5.74, 6) is 0. The fourth-order valence-electron chi connectivity index (χ4n) is 1.31. The standard InChI is InChI=1S/C12H14ClNO/c1-14(2)8-10(9-15)7-11-5-3-4-6-12(11)13/h3-6,8-9H,7H2,1-2H3. The molecule has 0 spiro atoms. The van der Waals surface area contributed by atoms with E-state index in [1.165, 1.54) is 0 Å². The third-order valence-electron chi connectivity index (χ3n) is 1.93. The summed E-state index contributed by atoms with van der Waals surface area (Å²) in [4.78, 5) is 12.7. The lowest BCUT2D eigenvalue weighted by molar-refractivity contribution is -0.105. The Morgan fingerprint density at radius 3 is 2.60 bits per heavy atom. The number of aldehydes is 1. The van der Waals surface area contributed by atoms with Gasteiger partial charge >= 0.3 is 0 Å². The first kappa shape index (κ1) is 11.8. The normalized spacial score (nSPS) is 11.3. The summed E-state index contributed by atoms with van der Waals surface area (Å²) in [6.07, 6.45) is 3.24. The number of nitrogens with zero attached hydrogens (tertiary/aromatic N) is 1. The van der Waals surface area contributed by atoms with Gasteiger partial charge in [-0.2, -0.15) is 0 Å². The Kier molecular flexibility index (Phi) is 4.37. The molecule has 0 aliphatic rings. The zero-order valence-electron chi connectivity index (χ0n) is 8.90. The molecule has 0 aliphatic heterocycles. The smallest absolute Gasteiger partial charge is 0.147 e. The molecule has 1 aromatic rings. The Morgan fingerprint density at radius 2 is 2.07 bits per heavy atom. The average molecular weight is 224 g/mol. The van der Waals surface area contributed by atoms with E-state index in [2.05, 4.69) is 0 Å². The molecule has 80 valence electrons. The number of carbonyl (C=O) groups excluding carboxylic acids is 1. The minimum Gasteiger partial charge on any atom is -0.383 e. The molecule has 3 heteroatoms. The molecule has 0 aromatic heterocycles. The van der Waals surface area contributed by atoms with Gasteiger partial charge in [-0.25, -0.2) is 0 Å². The van der Waals surface area contributed by atoms with Gasteiger partial charge in [0.2, 0.25) is 0 Å². The highest BCUT2D eigenvalue weighted by Crippen LogP contribution is 2.17. The Morgan fingerprint density at radius 1 is 1.40 bits per heavy atom. The van der Waals surface area contributed by atoms with Crippen molar-refractivity contribution in [3.63, 3.8) is 0 Å². The minimum absolute atomic E-state index is 0.571. The SMILES string of the molecule is CN(C)C=C(C=O)Cc1ccccc1Cl. The van der Waals surface area contributed by atoms with Gasteiger partial charge in [0.1, 0.15) is 6.29 Å². The van der Waals surface area contributed by atoms with Gasteiger partial charge in [-0.1, -0.05) is 29.8 Å². The maximum absolute atomic E-state index is 10.8. The van der Waals surface area contributed by atoms with Gasteiger partial charge in [-0.3, -0.25) is 4.79 Å². The summed E-state index contributed by atoms with van der Waals surface area (Å²) < 4.78 is 0. The second kappa shape index (κ2) is 5.56. The Bertz CT molecular complexity index is 372. The lowest BCUT2D eigenvalue weighted by Gasteiger charge is -2.08. The van der Waals surface area contributed by atoms with Crippen LogP contribution in [0.15, 0.2) is 36.0 Å². The highest BCUT2D eigenvalue weighted by Gasteiger charge is 2.02. The van der Waals surface area contributed by atoms with Crippen LogP contribution in [-0.4, -0.2) is 25.3 Å². The van der Waals surface area contributed by atoms with E-state index in [9.17, 15) is 4.79 Å². The fraction of sp³-hybridized carbons (Fsp3) is 0.250. The second-order valence-electron chi connectivity index (χ2n) is 3.55. The Balaban J connectivity index is 2.85. The molecular weight excluding hydrogens is 210 g/mol. The number of allylic oxidation sites excluding steroid dienone is 1. The molecule has 0 atom stereocenters. The van der Waals surface area contributed by atoms with Crippen molar-refractivity contribution in [3.05, 3.63) is 46.6 Å². The molecule has 0 saturated heterocycles. The van der Waals surface area contributed by atoms with Crippen LogP contribution in [0.3, 0.4) is 0 Å². The van der Waals surface area contributed by atoms with Crippen LogP contribution in [-0.2, 0) is 11.2 Å². The van der Waals surface area contributed by atoms with E-state index in [1.807, 2.05) is 43.3 Å². The topological polar surface area (TPSA) is 20.3 Å². The molecule has 2 nitrogen and oxygen atoms in total. The third-order valence-corrected chi connectivity index (χ3v) is 2.30. The number of hydrogen-bond donors (Lipinski definition) is 0. The largest absolute Gasteiger partial charge is 0.383 e. The van der Waals surface area contributed by atoms with Crippen LogP contribution in [0.1, 0.15) is 5.56 Å². The molecule has 15 heavy (non-hydrogen) atoms. The van der Waals surface area contributed by atoms with Crippen molar-refractivity contribution in [1.82, 2.24) is 4.90 Å². The van der Waals surface area contributed by atoms with Crippen LogP contribution >= 0.6 is 11.6 Å². The molecule has 0 radical (unpaired) electrons. The summed E-state index contributed by atoms with van der Waals surface area (Å²) in [5.41, 5.74) is 1.69. The fourth-order valence-corrected chi connectivity index (χ4v) is 1.51. The van der Waals surface area contributed by atoms with Crippen molar-refractivity contribution in [2.24, 2.45) is 0 Å². The monoisotopic (exact) mass is 223 g/mol. The zero-order valence-corrected chi connectivity index (χ0v) is 9.66. The number of carbonyl (C=O) groups is 1. The molecule has 0 unspecified atom stereocenters. The summed E-state index contributed by atoms with van der Waals surface area (Å²) in [6, 6.07) is 7.55. The first-order chi connectivity index (χ1) is 7.13. The van der Waals surface area contributed by atoms with Crippen molar-refractivity contribution >= 4 is 17.9 Å². The molecule has 0 heterocycles. The number of benzene rings is 1. The van der Waals surface area contributed by atoms with Crippen molar-refractivity contribution in [2.75, 3.05) is 14.1 Å². The molecule has 1 rings (SSSR count). The van der Waals surface area contributed by atoms with Gasteiger partial charge in [-0.15, -0.1) is 0 Å². The van der Waals surface area contributed by atoms with Crippen LogP contribution < -0.4 is 0 Å².